The molecular weight excluding hydrogens is 216 g/mol. The summed E-state index contributed by atoms with van der Waals surface area (Å²) in [4.78, 5) is 6.62. The van der Waals surface area contributed by atoms with Crippen molar-refractivity contribution < 1.29 is 4.52 Å². The van der Waals surface area contributed by atoms with Crippen LogP contribution in [0.25, 0.3) is 0 Å². The Hall–Kier alpha value is -0.940. The van der Waals surface area contributed by atoms with Gasteiger partial charge in [0.1, 0.15) is 0 Å². The predicted molar refractivity (Wildman–Crippen MR) is 65.7 cm³/mol. The zero-order chi connectivity index (χ0) is 12.3. The number of aromatic nitrogens is 2. The third-order valence-corrected chi connectivity index (χ3v) is 3.55. The molecular formula is C12H22N4O. The van der Waals surface area contributed by atoms with Gasteiger partial charge in [0.15, 0.2) is 5.82 Å². The average molecular weight is 238 g/mol. The standard InChI is InChI=1S/C12H22N4O/c1-16(2)7-6-11-14-12(17-15-11)10-5-3-4-9(10)8-13/h9-10H,3-8,13H2,1-2H3. The van der Waals surface area contributed by atoms with Gasteiger partial charge < -0.3 is 15.2 Å². The summed E-state index contributed by atoms with van der Waals surface area (Å²) in [5.41, 5.74) is 5.77. The van der Waals surface area contributed by atoms with Crippen LogP contribution in [-0.2, 0) is 6.42 Å². The lowest BCUT2D eigenvalue weighted by molar-refractivity contribution is 0.321. The largest absolute Gasteiger partial charge is 0.339 e. The summed E-state index contributed by atoms with van der Waals surface area (Å²) in [6.07, 6.45) is 4.40. The quantitative estimate of drug-likeness (QED) is 0.829. The van der Waals surface area contributed by atoms with Crippen LogP contribution < -0.4 is 5.73 Å². The van der Waals surface area contributed by atoms with Crippen molar-refractivity contribution in [1.82, 2.24) is 15.0 Å². The number of nitrogens with two attached hydrogens (primary N) is 1. The highest BCUT2D eigenvalue weighted by Crippen LogP contribution is 2.38. The van der Waals surface area contributed by atoms with E-state index in [-0.39, 0.29) is 0 Å². The van der Waals surface area contributed by atoms with E-state index in [4.69, 9.17) is 10.3 Å². The number of nitrogens with zero attached hydrogens (tertiary/aromatic N) is 3. The Morgan fingerprint density at radius 3 is 2.94 bits per heavy atom. The van der Waals surface area contributed by atoms with Crippen molar-refractivity contribution in [3.05, 3.63) is 11.7 Å². The predicted octanol–water partition coefficient (Wildman–Crippen LogP) is 1.02. The zero-order valence-corrected chi connectivity index (χ0v) is 10.7. The Kier molecular flexibility index (Phi) is 4.12. The van der Waals surface area contributed by atoms with Crippen molar-refractivity contribution in [1.29, 1.82) is 0 Å². The molecule has 5 nitrogen and oxygen atoms in total. The first kappa shape index (κ1) is 12.5. The third-order valence-electron chi connectivity index (χ3n) is 3.55. The van der Waals surface area contributed by atoms with Crippen molar-refractivity contribution in [2.45, 2.75) is 31.6 Å². The van der Waals surface area contributed by atoms with Crippen molar-refractivity contribution in [2.24, 2.45) is 11.7 Å². The smallest absolute Gasteiger partial charge is 0.230 e. The highest BCUT2D eigenvalue weighted by Gasteiger charge is 2.31. The molecule has 2 atom stereocenters. The maximum atomic E-state index is 5.77. The van der Waals surface area contributed by atoms with E-state index >= 15 is 0 Å². The van der Waals surface area contributed by atoms with E-state index in [0.29, 0.717) is 11.8 Å². The second-order valence-electron chi connectivity index (χ2n) is 5.14. The number of hydrogen-bond donors (Lipinski definition) is 1. The molecule has 0 aromatic carbocycles. The van der Waals surface area contributed by atoms with E-state index in [9.17, 15) is 0 Å². The van der Waals surface area contributed by atoms with E-state index in [2.05, 4.69) is 15.0 Å². The Labute approximate surface area is 102 Å². The van der Waals surface area contributed by atoms with Crippen molar-refractivity contribution in [3.8, 4) is 0 Å². The van der Waals surface area contributed by atoms with Crippen LogP contribution in [0.1, 0.15) is 36.9 Å². The number of hydrogen-bond acceptors (Lipinski definition) is 5. The van der Waals surface area contributed by atoms with Gasteiger partial charge in [-0.2, -0.15) is 4.98 Å². The van der Waals surface area contributed by atoms with Gasteiger partial charge in [0.25, 0.3) is 0 Å². The molecule has 0 saturated heterocycles. The number of rotatable bonds is 5. The number of likely N-dealkylation sites (N-methyl/N-ethyl adjacent to an activating group) is 1. The van der Waals surface area contributed by atoms with Gasteiger partial charge in [-0.25, -0.2) is 0 Å². The Balaban J connectivity index is 1.97. The fourth-order valence-electron chi connectivity index (χ4n) is 2.49. The van der Waals surface area contributed by atoms with E-state index in [1.165, 1.54) is 12.8 Å². The van der Waals surface area contributed by atoms with Gasteiger partial charge in [-0.05, 0) is 39.4 Å². The van der Waals surface area contributed by atoms with Crippen molar-refractivity contribution >= 4 is 0 Å². The molecule has 1 saturated carbocycles. The summed E-state index contributed by atoms with van der Waals surface area (Å²) in [6, 6.07) is 0. The second kappa shape index (κ2) is 5.60. The molecule has 2 unspecified atom stereocenters. The fourth-order valence-corrected chi connectivity index (χ4v) is 2.49. The minimum absolute atomic E-state index is 0.389. The summed E-state index contributed by atoms with van der Waals surface area (Å²) in [7, 11) is 4.09. The SMILES string of the molecule is CN(C)CCc1noc(C2CCCC2CN)n1. The van der Waals surface area contributed by atoms with E-state index in [1.807, 2.05) is 14.1 Å². The van der Waals surface area contributed by atoms with Crippen LogP contribution in [0, 0.1) is 5.92 Å². The van der Waals surface area contributed by atoms with Crippen LogP contribution in [0.3, 0.4) is 0 Å². The molecule has 1 aromatic heterocycles. The molecule has 0 radical (unpaired) electrons. The summed E-state index contributed by atoms with van der Waals surface area (Å²) >= 11 is 0. The lowest BCUT2D eigenvalue weighted by atomic mass is 9.96. The van der Waals surface area contributed by atoms with Crippen LogP contribution in [0.2, 0.25) is 0 Å². The first-order chi connectivity index (χ1) is 8.20. The first-order valence-electron chi connectivity index (χ1n) is 6.38. The van der Waals surface area contributed by atoms with Crippen LogP contribution in [0.5, 0.6) is 0 Å². The minimum Gasteiger partial charge on any atom is -0.339 e. The zero-order valence-electron chi connectivity index (χ0n) is 10.7. The van der Waals surface area contributed by atoms with E-state index in [1.54, 1.807) is 0 Å². The molecule has 17 heavy (non-hydrogen) atoms. The molecule has 1 aliphatic carbocycles. The maximum absolute atomic E-state index is 5.77. The van der Waals surface area contributed by atoms with Crippen LogP contribution >= 0.6 is 0 Å². The Morgan fingerprint density at radius 1 is 1.41 bits per heavy atom. The first-order valence-corrected chi connectivity index (χ1v) is 6.38. The van der Waals surface area contributed by atoms with Gasteiger partial charge in [0.2, 0.25) is 5.89 Å². The average Bonchev–Trinajstić information content (AvgIpc) is 2.94. The molecule has 2 N–H and O–H groups in total. The highest BCUT2D eigenvalue weighted by molar-refractivity contribution is 5.00. The van der Waals surface area contributed by atoms with Gasteiger partial charge in [-0.15, -0.1) is 0 Å². The maximum Gasteiger partial charge on any atom is 0.230 e. The second-order valence-corrected chi connectivity index (χ2v) is 5.14. The summed E-state index contributed by atoms with van der Waals surface area (Å²) < 4.78 is 5.38. The molecule has 96 valence electrons. The van der Waals surface area contributed by atoms with Crippen molar-refractivity contribution in [2.75, 3.05) is 27.2 Å². The molecule has 1 aromatic rings. The van der Waals surface area contributed by atoms with Crippen LogP contribution in [0.4, 0.5) is 0 Å². The van der Waals surface area contributed by atoms with Crippen LogP contribution in [0.15, 0.2) is 4.52 Å². The normalized spacial score (nSPS) is 24.7. The molecule has 0 bridgehead atoms. The molecule has 0 aliphatic heterocycles. The van der Waals surface area contributed by atoms with Gasteiger partial charge in [0.05, 0.1) is 0 Å². The van der Waals surface area contributed by atoms with E-state index < -0.39 is 0 Å². The molecule has 0 spiro atoms. The van der Waals surface area contributed by atoms with Gasteiger partial charge in [-0.3, -0.25) is 0 Å². The molecule has 1 aliphatic rings. The topological polar surface area (TPSA) is 68.2 Å². The molecule has 5 heteroatoms. The summed E-state index contributed by atoms with van der Waals surface area (Å²) in [6.45, 7) is 1.67. The lowest BCUT2D eigenvalue weighted by Gasteiger charge is -2.12. The summed E-state index contributed by atoms with van der Waals surface area (Å²) in [5, 5.41) is 4.05. The van der Waals surface area contributed by atoms with Gasteiger partial charge in [0, 0.05) is 18.9 Å². The minimum atomic E-state index is 0.389. The monoisotopic (exact) mass is 238 g/mol. The Bertz CT molecular complexity index is 350. The van der Waals surface area contributed by atoms with Crippen LogP contribution in [-0.4, -0.2) is 42.2 Å². The van der Waals surface area contributed by atoms with E-state index in [0.717, 1.165) is 37.6 Å². The molecule has 1 fully saturated rings. The fraction of sp³-hybridized carbons (Fsp3) is 0.833. The third kappa shape index (κ3) is 3.04. The highest BCUT2D eigenvalue weighted by atomic mass is 16.5. The molecule has 2 rings (SSSR count). The Morgan fingerprint density at radius 2 is 2.24 bits per heavy atom. The molecule has 1 heterocycles. The molecule has 0 amide bonds. The van der Waals surface area contributed by atoms with Gasteiger partial charge in [-0.1, -0.05) is 11.6 Å². The van der Waals surface area contributed by atoms with Gasteiger partial charge >= 0.3 is 0 Å². The van der Waals surface area contributed by atoms with Crippen molar-refractivity contribution in [3.63, 3.8) is 0 Å². The summed E-state index contributed by atoms with van der Waals surface area (Å²) in [5.74, 6) is 2.53. The lowest BCUT2D eigenvalue weighted by Crippen LogP contribution is -2.17.